The van der Waals surface area contributed by atoms with Gasteiger partial charge in [-0.05, 0) is 23.8 Å². The van der Waals surface area contributed by atoms with Crippen molar-refractivity contribution in [3.05, 3.63) is 74.5 Å². The first-order valence-corrected chi connectivity index (χ1v) is 6.07. The Morgan fingerprint density at radius 3 is 2.45 bits per heavy atom. The molecule has 0 aromatic heterocycles. The molecule has 0 bridgehead atoms. The number of nitro groups is 1. The van der Waals surface area contributed by atoms with Crippen LogP contribution in [0.4, 0.5) is 10.1 Å². The van der Waals surface area contributed by atoms with Gasteiger partial charge in [0.15, 0.2) is 5.78 Å². The van der Waals surface area contributed by atoms with Gasteiger partial charge in [0.1, 0.15) is 5.82 Å². The Bertz CT molecular complexity index is 671. The fourth-order valence-corrected chi connectivity index (χ4v) is 1.92. The number of Topliss-reactive ketones (excluding diaryl/α,β-unsaturated/α-hetero) is 1. The van der Waals surface area contributed by atoms with Crippen molar-refractivity contribution >= 4 is 23.1 Å². The van der Waals surface area contributed by atoms with Gasteiger partial charge in [0.25, 0.3) is 5.69 Å². The average Bonchev–Trinajstić information content (AvgIpc) is 2.44. The van der Waals surface area contributed by atoms with E-state index in [1.165, 1.54) is 36.4 Å². The lowest BCUT2D eigenvalue weighted by molar-refractivity contribution is -0.384. The van der Waals surface area contributed by atoms with Crippen LogP contribution in [0.15, 0.2) is 42.5 Å². The third-order valence-electron chi connectivity index (χ3n) is 2.78. The van der Waals surface area contributed by atoms with Crippen LogP contribution in [0, 0.1) is 15.9 Å². The Kier molecular flexibility index (Phi) is 4.10. The second-order valence-electron chi connectivity index (χ2n) is 4.12. The number of hydrogen-bond acceptors (Lipinski definition) is 3. The van der Waals surface area contributed by atoms with Crippen LogP contribution in [0.3, 0.4) is 0 Å². The van der Waals surface area contributed by atoms with Crippen LogP contribution >= 0.6 is 11.6 Å². The van der Waals surface area contributed by atoms with Crippen molar-refractivity contribution in [2.45, 2.75) is 6.42 Å². The minimum Gasteiger partial charge on any atom is -0.294 e. The van der Waals surface area contributed by atoms with Gasteiger partial charge in [-0.3, -0.25) is 14.9 Å². The van der Waals surface area contributed by atoms with Gasteiger partial charge in [-0.1, -0.05) is 23.7 Å². The summed E-state index contributed by atoms with van der Waals surface area (Å²) in [6.07, 6.45) is -0.149. The van der Waals surface area contributed by atoms with E-state index in [0.29, 0.717) is 0 Å². The number of halogens is 2. The number of carbonyl (C=O) groups excluding carboxylic acids is 1. The van der Waals surface area contributed by atoms with E-state index in [1.54, 1.807) is 6.07 Å². The molecule has 0 atom stereocenters. The summed E-state index contributed by atoms with van der Waals surface area (Å²) in [4.78, 5) is 21.9. The van der Waals surface area contributed by atoms with Crippen LogP contribution in [0.1, 0.15) is 15.9 Å². The summed E-state index contributed by atoms with van der Waals surface area (Å²) in [5.74, 6) is -0.953. The molecule has 0 aliphatic rings. The van der Waals surface area contributed by atoms with Gasteiger partial charge < -0.3 is 0 Å². The lowest BCUT2D eigenvalue weighted by Gasteiger charge is -2.04. The van der Waals surface area contributed by atoms with Crippen molar-refractivity contribution in [2.75, 3.05) is 0 Å². The standard InChI is InChI=1S/C14H9ClFNO3/c15-12-3-1-2-10(14(12)16)8-13(18)9-4-6-11(7-5-9)17(19)20/h1-7H,8H2. The van der Waals surface area contributed by atoms with Crippen LogP contribution in [0.5, 0.6) is 0 Å². The minimum absolute atomic E-state index is 0.0426. The zero-order valence-corrected chi connectivity index (χ0v) is 10.9. The molecule has 0 saturated heterocycles. The lowest BCUT2D eigenvalue weighted by Crippen LogP contribution is -2.05. The molecule has 0 spiro atoms. The number of benzene rings is 2. The number of rotatable bonds is 4. The van der Waals surface area contributed by atoms with E-state index in [0.717, 1.165) is 0 Å². The fourth-order valence-electron chi connectivity index (χ4n) is 1.73. The third kappa shape index (κ3) is 3.00. The maximum atomic E-state index is 13.7. The zero-order chi connectivity index (χ0) is 14.7. The number of nitro benzene ring substituents is 1. The predicted octanol–water partition coefficient (Wildman–Crippen LogP) is 3.81. The molecule has 0 unspecified atom stereocenters. The molecule has 4 nitrogen and oxygen atoms in total. The van der Waals surface area contributed by atoms with Gasteiger partial charge in [0.05, 0.1) is 9.95 Å². The summed E-state index contributed by atoms with van der Waals surface area (Å²) in [6.45, 7) is 0. The summed E-state index contributed by atoms with van der Waals surface area (Å²) in [6, 6.07) is 9.61. The average molecular weight is 294 g/mol. The molecular weight excluding hydrogens is 285 g/mol. The number of ketones is 1. The Hall–Kier alpha value is -2.27. The zero-order valence-electron chi connectivity index (χ0n) is 10.2. The van der Waals surface area contributed by atoms with E-state index >= 15 is 0 Å². The first kappa shape index (κ1) is 14.1. The number of non-ortho nitro benzene ring substituents is 1. The van der Waals surface area contributed by atoms with Gasteiger partial charge in [0, 0.05) is 24.1 Å². The second-order valence-corrected chi connectivity index (χ2v) is 4.52. The summed E-state index contributed by atoms with van der Waals surface area (Å²) in [5, 5.41) is 10.5. The SMILES string of the molecule is O=C(Cc1cccc(Cl)c1F)c1ccc([N+](=O)[O-])cc1. The topological polar surface area (TPSA) is 60.2 Å². The van der Waals surface area contributed by atoms with Crippen molar-refractivity contribution in [3.8, 4) is 0 Å². The highest BCUT2D eigenvalue weighted by molar-refractivity contribution is 6.30. The van der Waals surface area contributed by atoms with Crippen LogP contribution in [0.2, 0.25) is 5.02 Å². The predicted molar refractivity (Wildman–Crippen MR) is 72.5 cm³/mol. The highest BCUT2D eigenvalue weighted by Gasteiger charge is 2.13. The molecule has 102 valence electrons. The molecule has 20 heavy (non-hydrogen) atoms. The van der Waals surface area contributed by atoms with Gasteiger partial charge >= 0.3 is 0 Å². The van der Waals surface area contributed by atoms with Gasteiger partial charge in [-0.2, -0.15) is 0 Å². The van der Waals surface area contributed by atoms with Crippen LogP contribution in [0.25, 0.3) is 0 Å². The highest BCUT2D eigenvalue weighted by Crippen LogP contribution is 2.20. The van der Waals surface area contributed by atoms with Gasteiger partial charge in [-0.25, -0.2) is 4.39 Å². The Morgan fingerprint density at radius 1 is 1.20 bits per heavy atom. The summed E-state index contributed by atoms with van der Waals surface area (Å²) >= 11 is 5.64. The van der Waals surface area contributed by atoms with Crippen molar-refractivity contribution in [3.63, 3.8) is 0 Å². The summed E-state index contributed by atoms with van der Waals surface area (Å²) < 4.78 is 13.7. The van der Waals surface area contributed by atoms with E-state index in [1.807, 2.05) is 0 Å². The molecule has 0 saturated carbocycles. The first-order chi connectivity index (χ1) is 9.49. The highest BCUT2D eigenvalue weighted by atomic mass is 35.5. The largest absolute Gasteiger partial charge is 0.294 e. The molecule has 0 aliphatic carbocycles. The number of nitrogens with zero attached hydrogens (tertiary/aromatic N) is 1. The van der Waals surface area contributed by atoms with E-state index in [2.05, 4.69) is 0 Å². The van der Waals surface area contributed by atoms with Crippen LogP contribution < -0.4 is 0 Å². The molecule has 2 aromatic rings. The molecule has 0 amide bonds. The monoisotopic (exact) mass is 293 g/mol. The first-order valence-electron chi connectivity index (χ1n) is 5.69. The Labute approximate surface area is 119 Å². The number of hydrogen-bond donors (Lipinski definition) is 0. The summed E-state index contributed by atoms with van der Waals surface area (Å²) in [5.41, 5.74) is 0.381. The molecule has 0 radical (unpaired) electrons. The normalized spacial score (nSPS) is 10.3. The van der Waals surface area contributed by atoms with Gasteiger partial charge in [0.2, 0.25) is 0 Å². The van der Waals surface area contributed by atoms with E-state index in [-0.39, 0.29) is 34.0 Å². The molecule has 2 rings (SSSR count). The van der Waals surface area contributed by atoms with Crippen molar-refractivity contribution < 1.29 is 14.1 Å². The molecule has 0 aliphatic heterocycles. The molecule has 2 aromatic carbocycles. The number of carbonyl (C=O) groups is 1. The maximum absolute atomic E-state index is 13.7. The van der Waals surface area contributed by atoms with E-state index in [9.17, 15) is 19.3 Å². The minimum atomic E-state index is -0.621. The fraction of sp³-hybridized carbons (Fsp3) is 0.0714. The third-order valence-corrected chi connectivity index (χ3v) is 3.07. The lowest BCUT2D eigenvalue weighted by atomic mass is 10.0. The molecule has 0 fully saturated rings. The van der Waals surface area contributed by atoms with Crippen LogP contribution in [-0.4, -0.2) is 10.7 Å². The van der Waals surface area contributed by atoms with Crippen molar-refractivity contribution in [2.24, 2.45) is 0 Å². The molecule has 0 heterocycles. The van der Waals surface area contributed by atoms with E-state index in [4.69, 9.17) is 11.6 Å². The van der Waals surface area contributed by atoms with Crippen molar-refractivity contribution in [1.29, 1.82) is 0 Å². The van der Waals surface area contributed by atoms with Crippen LogP contribution in [-0.2, 0) is 6.42 Å². The summed E-state index contributed by atoms with van der Waals surface area (Å²) in [7, 11) is 0. The molecule has 6 heteroatoms. The Morgan fingerprint density at radius 2 is 1.85 bits per heavy atom. The molecule has 0 N–H and O–H groups in total. The second kappa shape index (κ2) is 5.79. The van der Waals surface area contributed by atoms with Gasteiger partial charge in [-0.15, -0.1) is 0 Å². The quantitative estimate of drug-likeness (QED) is 0.489. The Balaban J connectivity index is 2.20. The van der Waals surface area contributed by atoms with E-state index < -0.39 is 10.7 Å². The maximum Gasteiger partial charge on any atom is 0.269 e. The molecular formula is C14H9ClFNO3. The van der Waals surface area contributed by atoms with Crippen molar-refractivity contribution in [1.82, 2.24) is 0 Å². The smallest absolute Gasteiger partial charge is 0.269 e.